The van der Waals surface area contributed by atoms with Crippen LogP contribution in [0.15, 0.2) is 23.2 Å². The molecule has 0 spiro atoms. The van der Waals surface area contributed by atoms with Crippen LogP contribution in [0.25, 0.3) is 0 Å². The molecule has 38 heavy (non-hydrogen) atoms. The minimum absolute atomic E-state index is 0.0929. The molecule has 1 aromatic carbocycles. The largest absolute Gasteiger partial charge is 0.345 e. The molecular weight excluding hydrogens is 534 g/mol. The first-order valence-corrected chi connectivity index (χ1v) is 13.2. The molecular formula is C23H27F4N5O5S. The molecule has 0 bridgehead atoms. The summed E-state index contributed by atoms with van der Waals surface area (Å²) in [5, 5.41) is 4.57. The SMILES string of the molecule is CC[C@@H](C)NC(=O)C(=O)N1CCC(NS(=O)(=O)c2cn(C)c(C(=O)Nc3cc(F)c(F)c(F)c3)c2F)CC1. The minimum Gasteiger partial charge on any atom is -0.345 e. The van der Waals surface area contributed by atoms with Crippen LogP contribution in [0, 0.1) is 23.3 Å². The molecule has 15 heteroatoms. The van der Waals surface area contributed by atoms with Crippen molar-refractivity contribution in [1.82, 2.24) is 19.5 Å². The molecule has 0 saturated carbocycles. The number of carbonyl (C=O) groups is 3. The van der Waals surface area contributed by atoms with Crippen LogP contribution in [0.5, 0.6) is 0 Å². The van der Waals surface area contributed by atoms with Gasteiger partial charge in [-0.1, -0.05) is 6.92 Å². The predicted molar refractivity (Wildman–Crippen MR) is 127 cm³/mol. The van der Waals surface area contributed by atoms with Gasteiger partial charge in [-0.3, -0.25) is 14.4 Å². The van der Waals surface area contributed by atoms with E-state index in [1.54, 1.807) is 6.92 Å². The second-order valence-electron chi connectivity index (χ2n) is 8.95. The fourth-order valence-electron chi connectivity index (χ4n) is 3.85. The zero-order valence-corrected chi connectivity index (χ0v) is 21.6. The van der Waals surface area contributed by atoms with Gasteiger partial charge in [-0.25, -0.2) is 30.7 Å². The Balaban J connectivity index is 1.68. The van der Waals surface area contributed by atoms with Crippen molar-refractivity contribution in [2.24, 2.45) is 7.05 Å². The van der Waals surface area contributed by atoms with Gasteiger partial charge in [0.2, 0.25) is 10.0 Å². The summed E-state index contributed by atoms with van der Waals surface area (Å²) in [5.74, 6) is -9.02. The van der Waals surface area contributed by atoms with E-state index in [9.17, 15) is 36.0 Å². The molecule has 1 aliphatic rings. The Morgan fingerprint density at radius 1 is 1.05 bits per heavy atom. The van der Waals surface area contributed by atoms with Gasteiger partial charge in [0.05, 0.1) is 0 Å². The lowest BCUT2D eigenvalue weighted by Gasteiger charge is -2.32. The van der Waals surface area contributed by atoms with E-state index in [0.29, 0.717) is 18.6 Å². The highest BCUT2D eigenvalue weighted by Crippen LogP contribution is 2.24. The maximum absolute atomic E-state index is 15.1. The van der Waals surface area contributed by atoms with Crippen molar-refractivity contribution in [2.45, 2.75) is 50.1 Å². The van der Waals surface area contributed by atoms with E-state index in [4.69, 9.17) is 0 Å². The lowest BCUT2D eigenvalue weighted by atomic mass is 10.1. The maximum atomic E-state index is 15.1. The van der Waals surface area contributed by atoms with Crippen molar-refractivity contribution in [3.05, 3.63) is 47.3 Å². The number of anilines is 1. The van der Waals surface area contributed by atoms with Gasteiger partial charge in [-0.15, -0.1) is 0 Å². The molecule has 1 saturated heterocycles. The van der Waals surface area contributed by atoms with E-state index in [0.717, 1.165) is 10.8 Å². The molecule has 10 nitrogen and oxygen atoms in total. The Bertz CT molecular complexity index is 1330. The standard InChI is InChI=1S/C23H27F4N5O5S/c1-4-12(2)28-22(34)23(35)32-7-5-13(6-8-32)30-38(36,37)17-11-31(3)20(19(17)27)21(33)29-14-9-15(24)18(26)16(25)10-14/h9-13,30H,4-8H2,1-3H3,(H,28,34)(H,29,33)/t12-/m1/s1. The number of carbonyl (C=O) groups excluding carboxylic acids is 3. The van der Waals surface area contributed by atoms with Crippen molar-refractivity contribution in [2.75, 3.05) is 18.4 Å². The number of nitrogens with zero attached hydrogens (tertiary/aromatic N) is 2. The average Bonchev–Trinajstić information content (AvgIpc) is 3.16. The van der Waals surface area contributed by atoms with Gasteiger partial charge in [-0.2, -0.15) is 0 Å². The summed E-state index contributed by atoms with van der Waals surface area (Å²) in [6.45, 7) is 3.80. The number of hydrogen-bond donors (Lipinski definition) is 3. The van der Waals surface area contributed by atoms with Gasteiger partial charge in [-0.05, 0) is 26.2 Å². The first-order chi connectivity index (χ1) is 17.7. The average molecular weight is 562 g/mol. The van der Waals surface area contributed by atoms with Gasteiger partial charge in [0, 0.05) is 56.2 Å². The molecule has 2 heterocycles. The summed E-state index contributed by atoms with van der Waals surface area (Å²) in [6.07, 6.45) is 1.82. The van der Waals surface area contributed by atoms with E-state index in [1.807, 2.05) is 12.2 Å². The van der Waals surface area contributed by atoms with Crippen LogP contribution in [0.4, 0.5) is 23.2 Å². The molecule has 1 aromatic heterocycles. The topological polar surface area (TPSA) is 130 Å². The summed E-state index contributed by atoms with van der Waals surface area (Å²) < 4.78 is 84.1. The summed E-state index contributed by atoms with van der Waals surface area (Å²) in [6, 6.07) is 0.119. The molecule has 1 atom stereocenters. The number of likely N-dealkylation sites (tertiary alicyclic amines) is 1. The second kappa shape index (κ2) is 11.5. The number of halogens is 4. The van der Waals surface area contributed by atoms with Gasteiger partial charge >= 0.3 is 11.8 Å². The number of hydrogen-bond acceptors (Lipinski definition) is 5. The highest BCUT2D eigenvalue weighted by atomic mass is 32.2. The lowest BCUT2D eigenvalue weighted by Crippen LogP contribution is -2.51. The molecule has 1 fully saturated rings. The van der Waals surface area contributed by atoms with Crippen LogP contribution in [-0.4, -0.2) is 60.8 Å². The lowest BCUT2D eigenvalue weighted by molar-refractivity contribution is -0.146. The monoisotopic (exact) mass is 561 g/mol. The summed E-state index contributed by atoms with van der Waals surface area (Å²) in [4.78, 5) is 37.4. The molecule has 208 valence electrons. The Labute approximate surface area is 216 Å². The van der Waals surface area contributed by atoms with E-state index < -0.39 is 73.3 Å². The van der Waals surface area contributed by atoms with Crippen LogP contribution in [0.1, 0.15) is 43.6 Å². The predicted octanol–water partition coefficient (Wildman–Crippen LogP) is 2.02. The molecule has 3 N–H and O–H groups in total. The summed E-state index contributed by atoms with van der Waals surface area (Å²) in [5.41, 5.74) is -1.25. The Kier molecular flexibility index (Phi) is 8.82. The van der Waals surface area contributed by atoms with E-state index >= 15 is 4.39 Å². The van der Waals surface area contributed by atoms with Crippen molar-refractivity contribution in [3.8, 4) is 0 Å². The number of rotatable bonds is 7. The first kappa shape index (κ1) is 29.1. The summed E-state index contributed by atoms with van der Waals surface area (Å²) >= 11 is 0. The van der Waals surface area contributed by atoms with E-state index in [2.05, 4.69) is 10.0 Å². The van der Waals surface area contributed by atoms with Crippen molar-refractivity contribution in [1.29, 1.82) is 0 Å². The second-order valence-corrected chi connectivity index (χ2v) is 10.6. The van der Waals surface area contributed by atoms with Crippen molar-refractivity contribution < 1.29 is 40.4 Å². The number of aryl methyl sites for hydroxylation is 1. The molecule has 0 unspecified atom stereocenters. The third-order valence-electron chi connectivity index (χ3n) is 6.12. The Hall–Kier alpha value is -3.46. The molecule has 0 radical (unpaired) electrons. The third-order valence-corrected chi connectivity index (χ3v) is 7.63. The number of nitrogens with one attached hydrogen (secondary N) is 3. The van der Waals surface area contributed by atoms with Gasteiger partial charge in [0.1, 0.15) is 10.6 Å². The number of piperidine rings is 1. The van der Waals surface area contributed by atoms with E-state index in [-0.39, 0.29) is 32.0 Å². The van der Waals surface area contributed by atoms with Gasteiger partial charge in [0.15, 0.2) is 23.3 Å². The van der Waals surface area contributed by atoms with Gasteiger partial charge < -0.3 is 20.1 Å². The highest BCUT2D eigenvalue weighted by molar-refractivity contribution is 7.89. The van der Waals surface area contributed by atoms with Crippen molar-refractivity contribution in [3.63, 3.8) is 0 Å². The normalized spacial score (nSPS) is 15.3. The van der Waals surface area contributed by atoms with E-state index in [1.165, 1.54) is 11.9 Å². The maximum Gasteiger partial charge on any atom is 0.311 e. The van der Waals surface area contributed by atoms with Crippen LogP contribution in [-0.2, 0) is 26.7 Å². The van der Waals surface area contributed by atoms with Crippen LogP contribution in [0.2, 0.25) is 0 Å². The quantitative estimate of drug-likeness (QED) is 0.271. The highest BCUT2D eigenvalue weighted by Gasteiger charge is 2.33. The third kappa shape index (κ3) is 6.32. The minimum atomic E-state index is -4.47. The fraction of sp³-hybridized carbons (Fsp3) is 0.435. The van der Waals surface area contributed by atoms with Crippen molar-refractivity contribution >= 4 is 33.4 Å². The number of sulfonamides is 1. The van der Waals surface area contributed by atoms with Crippen LogP contribution in [0.3, 0.4) is 0 Å². The Morgan fingerprint density at radius 3 is 2.18 bits per heavy atom. The smallest absolute Gasteiger partial charge is 0.311 e. The fourth-order valence-corrected chi connectivity index (χ4v) is 5.28. The van der Waals surface area contributed by atoms with Crippen LogP contribution < -0.4 is 15.4 Å². The zero-order valence-electron chi connectivity index (χ0n) is 20.8. The molecule has 3 amide bonds. The molecule has 3 rings (SSSR count). The van der Waals surface area contributed by atoms with Crippen LogP contribution >= 0.6 is 0 Å². The molecule has 1 aliphatic heterocycles. The zero-order chi connectivity index (χ0) is 28.4. The Morgan fingerprint density at radius 2 is 1.63 bits per heavy atom. The number of benzene rings is 1. The molecule has 0 aliphatic carbocycles. The number of aromatic nitrogens is 1. The molecule has 2 aromatic rings. The summed E-state index contributed by atoms with van der Waals surface area (Å²) in [7, 11) is -3.28. The van der Waals surface area contributed by atoms with Gasteiger partial charge in [0.25, 0.3) is 5.91 Å². The number of amides is 3. The first-order valence-electron chi connectivity index (χ1n) is 11.7.